The molecular weight excluding hydrogens is 218 g/mol. The summed E-state index contributed by atoms with van der Waals surface area (Å²) < 4.78 is 2.38. The summed E-state index contributed by atoms with van der Waals surface area (Å²) in [5, 5.41) is 0. The zero-order chi connectivity index (χ0) is 13.2. The SMILES string of the molecule is CCC(C)(C)[n+]1ccccc1-c1ccccc1C. The third-order valence-corrected chi connectivity index (χ3v) is 3.80. The molecule has 1 nitrogen and oxygen atoms in total. The number of aryl methyl sites for hydroxylation is 1. The quantitative estimate of drug-likeness (QED) is 0.711. The minimum Gasteiger partial charge on any atom is -0.194 e. The number of hydrogen-bond acceptors (Lipinski definition) is 0. The van der Waals surface area contributed by atoms with Crippen molar-refractivity contribution in [3.05, 3.63) is 54.2 Å². The van der Waals surface area contributed by atoms with Crippen molar-refractivity contribution in [3.8, 4) is 11.3 Å². The first-order chi connectivity index (χ1) is 8.56. The predicted octanol–water partition coefficient (Wildman–Crippen LogP) is 4.09. The van der Waals surface area contributed by atoms with Crippen LogP contribution in [0.3, 0.4) is 0 Å². The summed E-state index contributed by atoms with van der Waals surface area (Å²) in [5.41, 5.74) is 4.07. The second-order valence-corrected chi connectivity index (χ2v) is 5.44. The molecule has 18 heavy (non-hydrogen) atoms. The number of pyridine rings is 1. The van der Waals surface area contributed by atoms with E-state index in [0.29, 0.717) is 0 Å². The first-order valence-electron chi connectivity index (χ1n) is 6.63. The summed E-state index contributed by atoms with van der Waals surface area (Å²) in [4.78, 5) is 0. The summed E-state index contributed by atoms with van der Waals surface area (Å²) in [5.74, 6) is 0. The minimum absolute atomic E-state index is 0.138. The molecule has 0 radical (unpaired) electrons. The Kier molecular flexibility index (Phi) is 3.51. The molecule has 0 bridgehead atoms. The van der Waals surface area contributed by atoms with Gasteiger partial charge in [-0.15, -0.1) is 0 Å². The van der Waals surface area contributed by atoms with Crippen LogP contribution in [0, 0.1) is 6.92 Å². The topological polar surface area (TPSA) is 3.88 Å². The van der Waals surface area contributed by atoms with E-state index in [-0.39, 0.29) is 5.54 Å². The average Bonchev–Trinajstić information content (AvgIpc) is 2.39. The number of rotatable bonds is 3. The van der Waals surface area contributed by atoms with Gasteiger partial charge in [-0.2, -0.15) is 4.57 Å². The van der Waals surface area contributed by atoms with Gasteiger partial charge >= 0.3 is 0 Å². The van der Waals surface area contributed by atoms with Gasteiger partial charge < -0.3 is 0 Å². The zero-order valence-corrected chi connectivity index (χ0v) is 11.8. The second-order valence-electron chi connectivity index (χ2n) is 5.44. The van der Waals surface area contributed by atoms with Crippen molar-refractivity contribution >= 4 is 0 Å². The third kappa shape index (κ3) is 2.31. The molecule has 0 spiro atoms. The van der Waals surface area contributed by atoms with Crippen LogP contribution < -0.4 is 4.57 Å². The normalized spacial score (nSPS) is 11.6. The van der Waals surface area contributed by atoms with Gasteiger partial charge in [0.1, 0.15) is 0 Å². The van der Waals surface area contributed by atoms with E-state index in [1.165, 1.54) is 16.8 Å². The van der Waals surface area contributed by atoms with Gasteiger partial charge in [-0.3, -0.25) is 0 Å². The Bertz CT molecular complexity index is 541. The summed E-state index contributed by atoms with van der Waals surface area (Å²) in [6.07, 6.45) is 3.30. The number of nitrogens with zero attached hydrogens (tertiary/aromatic N) is 1. The van der Waals surface area contributed by atoms with E-state index in [1.807, 2.05) is 0 Å². The molecule has 1 aromatic heterocycles. The standard InChI is InChI=1S/C17H22N/c1-5-17(3,4)18-13-9-8-12-16(18)15-11-7-6-10-14(15)2/h6-13H,5H2,1-4H3/q+1. The highest BCUT2D eigenvalue weighted by Crippen LogP contribution is 2.23. The number of benzene rings is 1. The molecule has 94 valence electrons. The Labute approximate surface area is 110 Å². The van der Waals surface area contributed by atoms with E-state index in [0.717, 1.165) is 6.42 Å². The van der Waals surface area contributed by atoms with Crippen LogP contribution in [0.4, 0.5) is 0 Å². The Balaban J connectivity index is 2.63. The van der Waals surface area contributed by atoms with Crippen molar-refractivity contribution in [3.63, 3.8) is 0 Å². The molecule has 0 N–H and O–H groups in total. The first-order valence-corrected chi connectivity index (χ1v) is 6.63. The van der Waals surface area contributed by atoms with Crippen LogP contribution in [0.25, 0.3) is 11.3 Å². The van der Waals surface area contributed by atoms with E-state index in [1.54, 1.807) is 0 Å². The van der Waals surface area contributed by atoms with Crippen molar-refractivity contribution in [1.82, 2.24) is 0 Å². The van der Waals surface area contributed by atoms with Crippen LogP contribution in [0.5, 0.6) is 0 Å². The van der Waals surface area contributed by atoms with Gasteiger partial charge in [0.25, 0.3) is 0 Å². The number of aromatic nitrogens is 1. The monoisotopic (exact) mass is 240 g/mol. The lowest BCUT2D eigenvalue weighted by atomic mass is 9.97. The molecule has 0 unspecified atom stereocenters. The fourth-order valence-electron chi connectivity index (χ4n) is 2.22. The van der Waals surface area contributed by atoms with E-state index in [2.05, 4.69) is 80.9 Å². The molecule has 0 atom stereocenters. The van der Waals surface area contributed by atoms with Crippen LogP contribution in [0.1, 0.15) is 32.8 Å². The molecule has 0 saturated heterocycles. The first kappa shape index (κ1) is 12.8. The molecule has 0 aliphatic carbocycles. The molecule has 0 aliphatic heterocycles. The van der Waals surface area contributed by atoms with Crippen LogP contribution in [-0.2, 0) is 5.54 Å². The van der Waals surface area contributed by atoms with Crippen LogP contribution in [-0.4, -0.2) is 0 Å². The molecule has 2 aromatic rings. The molecule has 0 aliphatic rings. The van der Waals surface area contributed by atoms with Crippen molar-refractivity contribution in [1.29, 1.82) is 0 Å². The maximum Gasteiger partial charge on any atom is 0.213 e. The predicted molar refractivity (Wildman–Crippen MR) is 76.4 cm³/mol. The number of hydrogen-bond donors (Lipinski definition) is 0. The van der Waals surface area contributed by atoms with E-state index < -0.39 is 0 Å². The highest BCUT2D eigenvalue weighted by Gasteiger charge is 2.29. The Morgan fingerprint density at radius 2 is 1.67 bits per heavy atom. The summed E-state index contributed by atoms with van der Waals surface area (Å²) in [6.45, 7) is 8.98. The van der Waals surface area contributed by atoms with E-state index in [4.69, 9.17) is 0 Å². The van der Waals surface area contributed by atoms with Crippen molar-refractivity contribution in [2.24, 2.45) is 0 Å². The van der Waals surface area contributed by atoms with Gasteiger partial charge in [0.05, 0.1) is 0 Å². The summed E-state index contributed by atoms with van der Waals surface area (Å²) >= 11 is 0. The lowest BCUT2D eigenvalue weighted by Crippen LogP contribution is -2.53. The molecule has 1 aromatic carbocycles. The summed E-state index contributed by atoms with van der Waals surface area (Å²) in [6, 6.07) is 15.0. The molecular formula is C17H22N+. The van der Waals surface area contributed by atoms with Gasteiger partial charge in [-0.25, -0.2) is 0 Å². The molecule has 0 amide bonds. The van der Waals surface area contributed by atoms with Crippen molar-refractivity contribution < 1.29 is 4.57 Å². The second kappa shape index (κ2) is 4.93. The van der Waals surface area contributed by atoms with Crippen LogP contribution in [0.2, 0.25) is 0 Å². The minimum atomic E-state index is 0.138. The maximum atomic E-state index is 2.38. The van der Waals surface area contributed by atoms with Gasteiger partial charge in [0, 0.05) is 38.0 Å². The van der Waals surface area contributed by atoms with Gasteiger partial charge in [-0.05, 0) is 24.6 Å². The molecule has 0 fully saturated rings. The highest BCUT2D eigenvalue weighted by atomic mass is 15.0. The maximum absolute atomic E-state index is 2.38. The van der Waals surface area contributed by atoms with Crippen LogP contribution in [0.15, 0.2) is 48.7 Å². The van der Waals surface area contributed by atoms with E-state index >= 15 is 0 Å². The van der Waals surface area contributed by atoms with Gasteiger partial charge in [-0.1, -0.05) is 25.1 Å². The molecule has 2 rings (SSSR count). The molecule has 1 heterocycles. The smallest absolute Gasteiger partial charge is 0.194 e. The van der Waals surface area contributed by atoms with Crippen molar-refractivity contribution in [2.45, 2.75) is 39.7 Å². The fourth-order valence-corrected chi connectivity index (χ4v) is 2.22. The largest absolute Gasteiger partial charge is 0.213 e. The lowest BCUT2D eigenvalue weighted by molar-refractivity contribution is -0.748. The van der Waals surface area contributed by atoms with E-state index in [9.17, 15) is 0 Å². The van der Waals surface area contributed by atoms with Crippen LogP contribution >= 0.6 is 0 Å². The zero-order valence-electron chi connectivity index (χ0n) is 11.8. The summed E-state index contributed by atoms with van der Waals surface area (Å²) in [7, 11) is 0. The van der Waals surface area contributed by atoms with Gasteiger partial charge in [0.15, 0.2) is 11.7 Å². The third-order valence-electron chi connectivity index (χ3n) is 3.80. The average molecular weight is 240 g/mol. The molecule has 0 saturated carbocycles. The lowest BCUT2D eigenvalue weighted by Gasteiger charge is -2.20. The Hall–Kier alpha value is -1.63. The Morgan fingerprint density at radius 3 is 2.33 bits per heavy atom. The fraction of sp³-hybridized carbons (Fsp3) is 0.353. The highest BCUT2D eigenvalue weighted by molar-refractivity contribution is 5.60. The Morgan fingerprint density at radius 1 is 1.00 bits per heavy atom. The molecule has 1 heteroatoms. The van der Waals surface area contributed by atoms with Crippen molar-refractivity contribution in [2.75, 3.05) is 0 Å². The van der Waals surface area contributed by atoms with Gasteiger partial charge in [0.2, 0.25) is 5.69 Å².